The maximum atomic E-state index is 13.0. The van der Waals surface area contributed by atoms with E-state index in [-0.39, 0.29) is 39.5 Å². The van der Waals surface area contributed by atoms with Gasteiger partial charge in [0.15, 0.2) is 5.78 Å². The molecule has 1 saturated carbocycles. The predicted molar refractivity (Wildman–Crippen MR) is 108 cm³/mol. The molecular weight excluding hydrogens is 352 g/mol. The number of hydrogen-bond donors (Lipinski definition) is 1. The summed E-state index contributed by atoms with van der Waals surface area (Å²) in [6.45, 7) is 9.69. The van der Waals surface area contributed by atoms with Crippen LogP contribution in [0.5, 0.6) is 0 Å². The van der Waals surface area contributed by atoms with Crippen LogP contribution in [0.1, 0.15) is 70.4 Å². The summed E-state index contributed by atoms with van der Waals surface area (Å²) in [6, 6.07) is 7.57. The molecule has 1 aromatic rings. The zero-order valence-corrected chi connectivity index (χ0v) is 17.5. The van der Waals surface area contributed by atoms with Crippen molar-refractivity contribution in [3.63, 3.8) is 0 Å². The maximum Gasteiger partial charge on any atom is 0.163 e. The Kier molecular flexibility index (Phi) is 5.11. The quantitative estimate of drug-likeness (QED) is 0.758. The molecule has 1 atom stereocenters. The molecule has 0 spiro atoms. The SMILES string of the molecule is Cc1ccc([C@@H](C2=C(O)CC(C)(C)CC2=O)C2C(=O)CC(C)(C)CC2=O)cc1. The first kappa shape index (κ1) is 20.5. The van der Waals surface area contributed by atoms with Gasteiger partial charge in [-0.2, -0.15) is 0 Å². The second-order valence-corrected chi connectivity index (χ2v) is 10.1. The minimum Gasteiger partial charge on any atom is -0.512 e. The lowest BCUT2D eigenvalue weighted by Crippen LogP contribution is -2.43. The Morgan fingerprint density at radius 2 is 1.36 bits per heavy atom. The van der Waals surface area contributed by atoms with Crippen LogP contribution < -0.4 is 0 Å². The summed E-state index contributed by atoms with van der Waals surface area (Å²) in [4.78, 5) is 39.1. The number of allylic oxidation sites excluding steroid dienone is 2. The number of aliphatic hydroxyl groups is 1. The molecule has 0 amide bonds. The molecule has 0 aliphatic heterocycles. The number of aryl methyl sites for hydroxylation is 1. The van der Waals surface area contributed by atoms with Gasteiger partial charge in [-0.25, -0.2) is 0 Å². The van der Waals surface area contributed by atoms with E-state index in [0.717, 1.165) is 11.1 Å². The highest BCUT2D eigenvalue weighted by atomic mass is 16.3. The minimum absolute atomic E-state index is 0.0252. The van der Waals surface area contributed by atoms with Gasteiger partial charge in [0, 0.05) is 37.2 Å². The van der Waals surface area contributed by atoms with Crippen LogP contribution >= 0.6 is 0 Å². The van der Waals surface area contributed by atoms with Crippen molar-refractivity contribution in [3.8, 4) is 0 Å². The zero-order chi connectivity index (χ0) is 20.9. The molecule has 1 aromatic carbocycles. The van der Waals surface area contributed by atoms with E-state index in [2.05, 4.69) is 0 Å². The molecular formula is C24H30O4. The van der Waals surface area contributed by atoms with E-state index in [1.165, 1.54) is 0 Å². The molecule has 28 heavy (non-hydrogen) atoms. The third-order valence-corrected chi connectivity index (χ3v) is 5.98. The van der Waals surface area contributed by atoms with Gasteiger partial charge in [-0.15, -0.1) is 0 Å². The summed E-state index contributed by atoms with van der Waals surface area (Å²) in [6.07, 6.45) is 1.28. The Balaban J connectivity index is 2.14. The van der Waals surface area contributed by atoms with E-state index >= 15 is 0 Å². The van der Waals surface area contributed by atoms with Crippen LogP contribution in [0.4, 0.5) is 0 Å². The average molecular weight is 383 g/mol. The van der Waals surface area contributed by atoms with Crippen LogP contribution in [0, 0.1) is 23.7 Å². The van der Waals surface area contributed by atoms with Crippen molar-refractivity contribution in [1.29, 1.82) is 0 Å². The topological polar surface area (TPSA) is 71.4 Å². The molecule has 0 heterocycles. The van der Waals surface area contributed by atoms with Crippen molar-refractivity contribution >= 4 is 17.3 Å². The van der Waals surface area contributed by atoms with Crippen molar-refractivity contribution in [2.45, 2.75) is 66.2 Å². The summed E-state index contributed by atoms with van der Waals surface area (Å²) < 4.78 is 0. The zero-order valence-electron chi connectivity index (χ0n) is 17.5. The van der Waals surface area contributed by atoms with Crippen molar-refractivity contribution in [1.82, 2.24) is 0 Å². The Bertz CT molecular complexity index is 835. The molecule has 4 nitrogen and oxygen atoms in total. The summed E-state index contributed by atoms with van der Waals surface area (Å²) in [5, 5.41) is 10.8. The molecule has 3 rings (SSSR count). The number of aliphatic hydroxyl groups excluding tert-OH is 1. The van der Waals surface area contributed by atoms with Gasteiger partial charge >= 0.3 is 0 Å². The van der Waals surface area contributed by atoms with Crippen LogP contribution in [-0.2, 0) is 14.4 Å². The lowest BCUT2D eigenvalue weighted by Gasteiger charge is -2.39. The van der Waals surface area contributed by atoms with Gasteiger partial charge in [0.05, 0.1) is 5.92 Å². The summed E-state index contributed by atoms with van der Waals surface area (Å²) in [5.41, 5.74) is 1.36. The normalized spacial score (nSPS) is 23.8. The van der Waals surface area contributed by atoms with Crippen molar-refractivity contribution in [3.05, 3.63) is 46.7 Å². The first-order valence-electron chi connectivity index (χ1n) is 9.97. The van der Waals surface area contributed by atoms with Gasteiger partial charge in [-0.3, -0.25) is 14.4 Å². The van der Waals surface area contributed by atoms with Crippen molar-refractivity contribution in [2.24, 2.45) is 16.7 Å². The second kappa shape index (κ2) is 6.98. The van der Waals surface area contributed by atoms with E-state index < -0.39 is 11.8 Å². The van der Waals surface area contributed by atoms with Crippen LogP contribution in [-0.4, -0.2) is 22.5 Å². The number of benzene rings is 1. The fourth-order valence-electron chi connectivity index (χ4n) is 4.73. The third kappa shape index (κ3) is 3.96. The van der Waals surface area contributed by atoms with Gasteiger partial charge in [0.2, 0.25) is 0 Å². The minimum atomic E-state index is -0.905. The van der Waals surface area contributed by atoms with Gasteiger partial charge in [-0.05, 0) is 23.3 Å². The molecule has 0 radical (unpaired) electrons. The van der Waals surface area contributed by atoms with E-state index in [1.54, 1.807) is 0 Å². The molecule has 1 fully saturated rings. The Hall–Kier alpha value is -2.23. The fourth-order valence-corrected chi connectivity index (χ4v) is 4.73. The highest BCUT2D eigenvalue weighted by molar-refractivity contribution is 6.09. The van der Waals surface area contributed by atoms with Gasteiger partial charge in [-0.1, -0.05) is 57.5 Å². The van der Waals surface area contributed by atoms with Crippen molar-refractivity contribution < 1.29 is 19.5 Å². The smallest absolute Gasteiger partial charge is 0.163 e. The maximum absolute atomic E-state index is 13.0. The fraction of sp³-hybridized carbons (Fsp3) is 0.542. The van der Waals surface area contributed by atoms with Crippen LogP contribution in [0.3, 0.4) is 0 Å². The number of rotatable bonds is 3. The number of hydrogen-bond acceptors (Lipinski definition) is 4. The monoisotopic (exact) mass is 382 g/mol. The Labute approximate surface area is 167 Å². The van der Waals surface area contributed by atoms with Gasteiger partial charge in [0.25, 0.3) is 0 Å². The molecule has 1 N–H and O–H groups in total. The van der Waals surface area contributed by atoms with Crippen molar-refractivity contribution in [2.75, 3.05) is 0 Å². The van der Waals surface area contributed by atoms with E-state index in [9.17, 15) is 19.5 Å². The van der Waals surface area contributed by atoms with Crippen LogP contribution in [0.2, 0.25) is 0 Å². The third-order valence-electron chi connectivity index (χ3n) is 5.98. The Morgan fingerprint density at radius 3 is 1.86 bits per heavy atom. The summed E-state index contributed by atoms with van der Waals surface area (Å²) in [5.74, 6) is -2.02. The highest BCUT2D eigenvalue weighted by Crippen LogP contribution is 2.47. The highest BCUT2D eigenvalue weighted by Gasteiger charge is 2.48. The predicted octanol–water partition coefficient (Wildman–Crippen LogP) is 4.85. The summed E-state index contributed by atoms with van der Waals surface area (Å²) >= 11 is 0. The van der Waals surface area contributed by atoms with Crippen LogP contribution in [0.25, 0.3) is 0 Å². The molecule has 0 bridgehead atoms. The van der Waals surface area contributed by atoms with Crippen LogP contribution in [0.15, 0.2) is 35.6 Å². The molecule has 0 saturated heterocycles. The number of ketones is 3. The first-order valence-corrected chi connectivity index (χ1v) is 9.97. The van der Waals surface area contributed by atoms with Gasteiger partial charge < -0.3 is 5.11 Å². The molecule has 0 aromatic heterocycles. The molecule has 4 heteroatoms. The number of carbonyl (C=O) groups is 3. The lowest BCUT2D eigenvalue weighted by atomic mass is 9.62. The molecule has 0 unspecified atom stereocenters. The standard InChI is InChI=1S/C24H30O4/c1-14-6-8-15(9-7-14)20(21-16(25)10-23(2,3)11-17(21)26)22-18(27)12-24(4,5)13-19(22)28/h6-9,20-21,27H,10-13H2,1-5H3/t20-/m1/s1. The first-order chi connectivity index (χ1) is 12.9. The van der Waals surface area contributed by atoms with E-state index in [4.69, 9.17) is 0 Å². The largest absolute Gasteiger partial charge is 0.512 e. The number of carbonyl (C=O) groups excluding carboxylic acids is 3. The Morgan fingerprint density at radius 1 is 0.857 bits per heavy atom. The summed E-state index contributed by atoms with van der Waals surface area (Å²) in [7, 11) is 0. The van der Waals surface area contributed by atoms with Gasteiger partial charge in [0.1, 0.15) is 17.3 Å². The lowest BCUT2D eigenvalue weighted by molar-refractivity contribution is -0.140. The molecule has 150 valence electrons. The second-order valence-electron chi connectivity index (χ2n) is 10.1. The molecule has 2 aliphatic carbocycles. The molecule has 2 aliphatic rings. The number of Topliss-reactive ketones (excluding diaryl/α,β-unsaturated/α-hetero) is 3. The average Bonchev–Trinajstić information content (AvgIpc) is 2.50. The van der Waals surface area contributed by atoms with E-state index in [1.807, 2.05) is 58.9 Å². The van der Waals surface area contributed by atoms with E-state index in [0.29, 0.717) is 25.7 Å².